The third kappa shape index (κ3) is 4.75. The van der Waals surface area contributed by atoms with Gasteiger partial charge in [-0.2, -0.15) is 13.2 Å². The van der Waals surface area contributed by atoms with E-state index >= 15 is 0 Å². The summed E-state index contributed by atoms with van der Waals surface area (Å²) in [6.07, 6.45) is -2.92. The number of nitrogens with one attached hydrogen (secondary N) is 1. The molecule has 0 unspecified atom stereocenters. The summed E-state index contributed by atoms with van der Waals surface area (Å²) in [4.78, 5) is 16.8. The number of halogens is 5. The van der Waals surface area contributed by atoms with Gasteiger partial charge >= 0.3 is 6.18 Å². The number of benzene rings is 1. The lowest BCUT2D eigenvalue weighted by molar-refractivity contribution is -0.153. The molecule has 164 valence electrons. The maximum atomic E-state index is 13.7. The van der Waals surface area contributed by atoms with Crippen LogP contribution in [0.25, 0.3) is 16.8 Å². The topological polar surface area (TPSA) is 64.9 Å². The highest BCUT2D eigenvalue weighted by atomic mass is 35.5. The minimum absolute atomic E-state index is 0.00342. The number of hydrogen-bond donors (Lipinski definition) is 1. The normalized spacial score (nSPS) is 19.0. The van der Waals surface area contributed by atoms with Crippen molar-refractivity contribution in [1.29, 1.82) is 0 Å². The molecule has 1 amide bonds. The van der Waals surface area contributed by atoms with Gasteiger partial charge < -0.3 is 19.2 Å². The number of alkyl halides is 4. The lowest BCUT2D eigenvalue weighted by atomic mass is 10.1. The minimum atomic E-state index is -4.51. The molecule has 3 heterocycles. The zero-order valence-electron chi connectivity index (χ0n) is 15.8. The molecule has 2 atom stereocenters. The number of hydrogen-bond acceptors (Lipinski definition) is 4. The van der Waals surface area contributed by atoms with Crippen molar-refractivity contribution in [2.45, 2.75) is 18.4 Å². The van der Waals surface area contributed by atoms with Gasteiger partial charge in [0.25, 0.3) is 5.91 Å². The van der Waals surface area contributed by atoms with Crippen molar-refractivity contribution in [3.05, 3.63) is 53.4 Å². The summed E-state index contributed by atoms with van der Waals surface area (Å²) in [5.74, 6) is -0.619. The Labute approximate surface area is 178 Å². The van der Waals surface area contributed by atoms with Crippen molar-refractivity contribution >= 4 is 23.2 Å². The van der Waals surface area contributed by atoms with Crippen LogP contribution in [0.15, 0.2) is 42.7 Å². The Balaban J connectivity index is 1.70. The van der Waals surface area contributed by atoms with Crippen molar-refractivity contribution in [3.8, 4) is 16.9 Å². The molecule has 1 saturated heterocycles. The van der Waals surface area contributed by atoms with Gasteiger partial charge in [0, 0.05) is 23.5 Å². The first-order chi connectivity index (χ1) is 14.7. The van der Waals surface area contributed by atoms with Crippen LogP contribution in [0.3, 0.4) is 0 Å². The molecule has 0 radical (unpaired) electrons. The molecule has 1 aliphatic heterocycles. The van der Waals surface area contributed by atoms with E-state index in [0.29, 0.717) is 11.1 Å². The zero-order valence-corrected chi connectivity index (χ0v) is 16.6. The summed E-state index contributed by atoms with van der Waals surface area (Å²) >= 11 is 6.19. The van der Waals surface area contributed by atoms with E-state index in [1.165, 1.54) is 28.9 Å². The van der Waals surface area contributed by atoms with Gasteiger partial charge in [-0.25, -0.2) is 9.37 Å². The number of carbonyl (C=O) groups is 1. The lowest BCUT2D eigenvalue weighted by Gasteiger charge is -2.14. The molecule has 2 aromatic heterocycles. The van der Waals surface area contributed by atoms with Crippen LogP contribution in [0.1, 0.15) is 10.5 Å². The second kappa shape index (κ2) is 8.35. The van der Waals surface area contributed by atoms with E-state index < -0.39 is 30.9 Å². The molecule has 1 aromatic carbocycles. The standard InChI is InChI=1S/C20H16ClF4N3O3/c21-11-5-13(12-3-1-2-4-17(12)31-10-20(23,24)25)18-26-15(7-28(18)6-11)19(29)27-16-9-30-8-14(16)22/h1-7,14,16H,8-10H2,(H,27,29)/t14-,16-/m0/s1. The predicted molar refractivity (Wildman–Crippen MR) is 104 cm³/mol. The number of pyridine rings is 1. The van der Waals surface area contributed by atoms with Gasteiger partial charge in [0.15, 0.2) is 6.61 Å². The largest absolute Gasteiger partial charge is 0.483 e. The summed E-state index contributed by atoms with van der Waals surface area (Å²) in [7, 11) is 0. The number of amides is 1. The van der Waals surface area contributed by atoms with E-state index in [1.54, 1.807) is 18.2 Å². The van der Waals surface area contributed by atoms with Gasteiger partial charge in [-0.15, -0.1) is 0 Å². The van der Waals surface area contributed by atoms with Crippen LogP contribution in [0.5, 0.6) is 5.75 Å². The van der Waals surface area contributed by atoms with Crippen LogP contribution < -0.4 is 10.1 Å². The summed E-state index contributed by atoms with van der Waals surface area (Å²) in [5, 5.41) is 2.80. The van der Waals surface area contributed by atoms with Crippen LogP contribution in [0.2, 0.25) is 5.02 Å². The molecule has 1 aliphatic rings. The van der Waals surface area contributed by atoms with E-state index in [0.717, 1.165) is 0 Å². The van der Waals surface area contributed by atoms with Crippen LogP contribution in [-0.4, -0.2) is 53.5 Å². The summed E-state index contributed by atoms with van der Waals surface area (Å²) in [6, 6.07) is 6.87. The molecular weight excluding hydrogens is 442 g/mol. The fourth-order valence-electron chi connectivity index (χ4n) is 3.25. The second-order valence-electron chi connectivity index (χ2n) is 6.96. The summed E-state index contributed by atoms with van der Waals surface area (Å²) in [5.41, 5.74) is 0.968. The van der Waals surface area contributed by atoms with Gasteiger partial charge in [0.05, 0.1) is 24.3 Å². The fraction of sp³-hybridized carbons (Fsp3) is 0.300. The molecule has 0 aliphatic carbocycles. The molecular formula is C20H16ClF4N3O3. The maximum Gasteiger partial charge on any atom is 0.422 e. The minimum Gasteiger partial charge on any atom is -0.483 e. The van der Waals surface area contributed by atoms with Gasteiger partial charge in [-0.1, -0.05) is 29.8 Å². The Bertz CT molecular complexity index is 1120. The third-order valence-electron chi connectivity index (χ3n) is 4.65. The van der Waals surface area contributed by atoms with E-state index in [9.17, 15) is 22.4 Å². The summed E-state index contributed by atoms with van der Waals surface area (Å²) < 4.78 is 63.1. The lowest BCUT2D eigenvalue weighted by Crippen LogP contribution is -2.41. The molecule has 0 saturated carbocycles. The fourth-order valence-corrected chi connectivity index (χ4v) is 3.46. The first-order valence-electron chi connectivity index (χ1n) is 9.21. The number of ether oxygens (including phenoxy) is 2. The van der Waals surface area contributed by atoms with Gasteiger partial charge in [0.1, 0.15) is 23.3 Å². The average Bonchev–Trinajstić information content (AvgIpc) is 3.31. The highest BCUT2D eigenvalue weighted by Crippen LogP contribution is 2.35. The van der Waals surface area contributed by atoms with Crippen LogP contribution in [-0.2, 0) is 4.74 Å². The zero-order chi connectivity index (χ0) is 22.2. The number of para-hydroxylation sites is 1. The molecule has 11 heteroatoms. The Hall–Kier alpha value is -2.85. The maximum absolute atomic E-state index is 13.7. The van der Waals surface area contributed by atoms with Crippen LogP contribution >= 0.6 is 11.6 Å². The summed E-state index contributed by atoms with van der Waals surface area (Å²) in [6.45, 7) is -1.50. The highest BCUT2D eigenvalue weighted by Gasteiger charge is 2.31. The SMILES string of the molecule is O=C(N[C@H]1COC[C@@H]1F)c1cn2cc(Cl)cc(-c3ccccc3OCC(F)(F)F)c2n1. The number of imidazole rings is 1. The smallest absolute Gasteiger partial charge is 0.422 e. The van der Waals surface area contributed by atoms with Crippen molar-refractivity contribution in [3.63, 3.8) is 0 Å². The molecule has 1 N–H and O–H groups in total. The number of rotatable bonds is 5. The van der Waals surface area contributed by atoms with Crippen LogP contribution in [0, 0.1) is 0 Å². The van der Waals surface area contributed by atoms with Gasteiger partial charge in [-0.05, 0) is 12.1 Å². The van der Waals surface area contributed by atoms with Crippen LogP contribution in [0.4, 0.5) is 17.6 Å². The molecule has 31 heavy (non-hydrogen) atoms. The first kappa shape index (κ1) is 21.4. The molecule has 6 nitrogen and oxygen atoms in total. The number of aromatic nitrogens is 2. The van der Waals surface area contributed by atoms with E-state index in [-0.39, 0.29) is 35.3 Å². The third-order valence-corrected chi connectivity index (χ3v) is 4.85. The first-order valence-corrected chi connectivity index (χ1v) is 9.59. The van der Waals surface area contributed by atoms with Crippen molar-refractivity contribution in [2.24, 2.45) is 0 Å². The molecule has 4 rings (SSSR count). The second-order valence-corrected chi connectivity index (χ2v) is 7.40. The Kier molecular flexibility index (Phi) is 5.76. The Morgan fingerprint density at radius 1 is 1.26 bits per heavy atom. The van der Waals surface area contributed by atoms with Crippen molar-refractivity contribution in [2.75, 3.05) is 19.8 Å². The molecule has 3 aromatic rings. The predicted octanol–water partition coefficient (Wildman–Crippen LogP) is 4.06. The Morgan fingerprint density at radius 2 is 2.03 bits per heavy atom. The van der Waals surface area contributed by atoms with E-state index in [4.69, 9.17) is 21.1 Å². The quantitative estimate of drug-likeness (QED) is 0.587. The highest BCUT2D eigenvalue weighted by molar-refractivity contribution is 6.31. The Morgan fingerprint density at radius 3 is 2.74 bits per heavy atom. The molecule has 0 bridgehead atoms. The monoisotopic (exact) mass is 457 g/mol. The van der Waals surface area contributed by atoms with E-state index in [1.807, 2.05) is 0 Å². The van der Waals surface area contributed by atoms with Gasteiger partial charge in [-0.3, -0.25) is 4.79 Å². The van der Waals surface area contributed by atoms with E-state index in [2.05, 4.69) is 10.3 Å². The van der Waals surface area contributed by atoms with Crippen molar-refractivity contribution in [1.82, 2.24) is 14.7 Å². The molecule has 0 spiro atoms. The number of nitrogens with zero attached hydrogens (tertiary/aromatic N) is 2. The van der Waals surface area contributed by atoms with Crippen molar-refractivity contribution < 1.29 is 31.8 Å². The average molecular weight is 458 g/mol. The number of fused-ring (bicyclic) bond motifs is 1. The molecule has 1 fully saturated rings. The van der Waals surface area contributed by atoms with Gasteiger partial charge in [0.2, 0.25) is 0 Å². The number of carbonyl (C=O) groups excluding carboxylic acids is 1.